The van der Waals surface area contributed by atoms with Gasteiger partial charge in [0.2, 0.25) is 11.0 Å². The van der Waals surface area contributed by atoms with Crippen LogP contribution >= 0.6 is 23.1 Å². The van der Waals surface area contributed by atoms with E-state index in [1.165, 1.54) is 29.5 Å². The monoisotopic (exact) mass is 450 g/mol. The van der Waals surface area contributed by atoms with Gasteiger partial charge in [-0.3, -0.25) is 4.79 Å². The molecule has 0 radical (unpaired) electrons. The molecule has 30 heavy (non-hydrogen) atoms. The number of likely N-dealkylation sites (tertiary alicyclic amines) is 1. The second-order valence-corrected chi connectivity index (χ2v) is 9.37. The number of anilines is 1. The van der Waals surface area contributed by atoms with E-state index in [0.717, 1.165) is 65.3 Å². The van der Waals surface area contributed by atoms with E-state index in [0.29, 0.717) is 11.8 Å². The van der Waals surface area contributed by atoms with E-state index < -0.39 is 0 Å². The van der Waals surface area contributed by atoms with Crippen molar-refractivity contribution in [2.75, 3.05) is 38.4 Å². The molecule has 3 rings (SSSR count). The second kappa shape index (κ2) is 11.4. The summed E-state index contributed by atoms with van der Waals surface area (Å²) in [6, 6.07) is 6.32. The van der Waals surface area contributed by atoms with Crippen LogP contribution in [0.25, 0.3) is 0 Å². The Hall–Kier alpha value is -2.00. The Labute approximate surface area is 186 Å². The smallest absolute Gasteiger partial charge is 0.233 e. The fourth-order valence-electron chi connectivity index (χ4n) is 3.65. The van der Waals surface area contributed by atoms with E-state index in [2.05, 4.69) is 27.3 Å². The van der Waals surface area contributed by atoms with Gasteiger partial charge in [0, 0.05) is 19.1 Å². The quantitative estimate of drug-likeness (QED) is 0.546. The third kappa shape index (κ3) is 6.01. The highest BCUT2D eigenvalue weighted by Crippen LogP contribution is 2.29. The van der Waals surface area contributed by atoms with Crippen LogP contribution in [-0.4, -0.2) is 60.1 Å². The minimum Gasteiger partial charge on any atom is -0.493 e. The number of nitrogens with zero attached hydrogens (tertiary/aromatic N) is 3. The largest absolute Gasteiger partial charge is 0.493 e. The van der Waals surface area contributed by atoms with Crippen LogP contribution < -0.4 is 14.8 Å². The Morgan fingerprint density at radius 3 is 2.87 bits per heavy atom. The highest BCUT2D eigenvalue weighted by Gasteiger charge is 2.25. The second-order valence-electron chi connectivity index (χ2n) is 7.17. The molecule has 2 heterocycles. The predicted octanol–water partition coefficient (Wildman–Crippen LogP) is 4.09. The molecule has 9 heteroatoms. The van der Waals surface area contributed by atoms with Crippen molar-refractivity contribution in [3.8, 4) is 11.5 Å². The molecule has 164 valence electrons. The van der Waals surface area contributed by atoms with Gasteiger partial charge < -0.3 is 19.7 Å². The molecule has 2 aromatic rings. The highest BCUT2D eigenvalue weighted by molar-refractivity contribution is 8.01. The van der Waals surface area contributed by atoms with E-state index in [1.54, 1.807) is 14.2 Å². The predicted molar refractivity (Wildman–Crippen MR) is 122 cm³/mol. The van der Waals surface area contributed by atoms with E-state index >= 15 is 0 Å². The van der Waals surface area contributed by atoms with Crippen molar-refractivity contribution in [2.45, 2.75) is 49.4 Å². The molecule has 1 aliphatic heterocycles. The summed E-state index contributed by atoms with van der Waals surface area (Å²) < 4.78 is 11.4. The summed E-state index contributed by atoms with van der Waals surface area (Å²) in [4.78, 5) is 14.7. The topological polar surface area (TPSA) is 76.6 Å². The zero-order valence-electron chi connectivity index (χ0n) is 17.8. The molecule has 0 bridgehead atoms. The first-order chi connectivity index (χ1) is 14.6. The summed E-state index contributed by atoms with van der Waals surface area (Å²) in [7, 11) is 3.27. The molecule has 1 N–H and O–H groups in total. The number of ether oxygens (including phenoxy) is 2. The number of aromatic nitrogens is 2. The van der Waals surface area contributed by atoms with Gasteiger partial charge in [0.1, 0.15) is 0 Å². The number of piperidine rings is 1. The number of benzene rings is 1. The zero-order chi connectivity index (χ0) is 21.3. The van der Waals surface area contributed by atoms with Crippen LogP contribution in [-0.2, 0) is 11.2 Å². The van der Waals surface area contributed by atoms with Crippen molar-refractivity contribution < 1.29 is 14.3 Å². The summed E-state index contributed by atoms with van der Waals surface area (Å²) in [5.74, 6) is 2.10. The van der Waals surface area contributed by atoms with Crippen molar-refractivity contribution >= 4 is 34.1 Å². The lowest BCUT2D eigenvalue weighted by molar-refractivity contribution is -0.132. The van der Waals surface area contributed by atoms with Crippen LogP contribution in [0, 0.1) is 0 Å². The minimum atomic E-state index is 0.213. The Bertz CT molecular complexity index is 830. The maximum absolute atomic E-state index is 12.6. The number of hydrogen-bond acceptors (Lipinski definition) is 8. The molecular weight excluding hydrogens is 420 g/mol. The van der Waals surface area contributed by atoms with Gasteiger partial charge in [0.15, 0.2) is 15.8 Å². The van der Waals surface area contributed by atoms with Gasteiger partial charge in [-0.1, -0.05) is 36.1 Å². The summed E-state index contributed by atoms with van der Waals surface area (Å²) in [5, 5.41) is 12.5. The minimum absolute atomic E-state index is 0.213. The maximum atomic E-state index is 12.6. The number of methoxy groups -OCH3 is 2. The van der Waals surface area contributed by atoms with Gasteiger partial charge in [-0.05, 0) is 49.8 Å². The van der Waals surface area contributed by atoms with Gasteiger partial charge in [0.25, 0.3) is 0 Å². The zero-order valence-corrected chi connectivity index (χ0v) is 19.5. The normalized spacial score (nSPS) is 16.4. The first-order valence-corrected chi connectivity index (χ1v) is 12.1. The Morgan fingerprint density at radius 1 is 1.27 bits per heavy atom. The molecule has 0 saturated carbocycles. The molecule has 1 aromatic heterocycles. The van der Waals surface area contributed by atoms with Crippen LogP contribution in [0.2, 0.25) is 0 Å². The molecule has 1 fully saturated rings. The average Bonchev–Trinajstić information content (AvgIpc) is 3.25. The lowest BCUT2D eigenvalue weighted by atomic mass is 10.0. The number of carbonyl (C=O) groups excluding carboxylic acids is 1. The molecule has 0 aliphatic carbocycles. The first-order valence-electron chi connectivity index (χ1n) is 10.3. The molecular formula is C21H30N4O3S2. The number of thioether (sulfide) groups is 1. The van der Waals surface area contributed by atoms with Crippen LogP contribution in [0.5, 0.6) is 11.5 Å². The number of hydrogen-bond donors (Lipinski definition) is 1. The van der Waals surface area contributed by atoms with E-state index in [1.807, 2.05) is 18.2 Å². The van der Waals surface area contributed by atoms with Crippen LogP contribution in [0.1, 0.15) is 38.2 Å². The standard InChI is InChI=1S/C21H30N4O3S2/c1-4-16-7-5-6-12-25(16)19(26)14-29-21-24-23-20(30-21)22-11-10-15-8-9-17(27-2)18(13-15)28-3/h8-9,13,16H,4-7,10-12,14H2,1-3H3,(H,22,23)/t16-/m1/s1. The highest BCUT2D eigenvalue weighted by atomic mass is 32.2. The summed E-state index contributed by atoms with van der Waals surface area (Å²) in [6.07, 6.45) is 5.32. The van der Waals surface area contributed by atoms with Gasteiger partial charge in [-0.2, -0.15) is 0 Å². The molecule has 7 nitrogen and oxygen atoms in total. The van der Waals surface area contributed by atoms with Gasteiger partial charge in [-0.15, -0.1) is 10.2 Å². The SMILES string of the molecule is CC[C@@H]1CCCCN1C(=O)CSc1nnc(NCCc2ccc(OC)c(OC)c2)s1. The van der Waals surface area contributed by atoms with Crippen molar-refractivity contribution in [1.29, 1.82) is 0 Å². The number of carbonyl (C=O) groups is 1. The van der Waals surface area contributed by atoms with Gasteiger partial charge >= 0.3 is 0 Å². The fraction of sp³-hybridized carbons (Fsp3) is 0.571. The van der Waals surface area contributed by atoms with E-state index in [9.17, 15) is 4.79 Å². The van der Waals surface area contributed by atoms with Crippen molar-refractivity contribution in [3.63, 3.8) is 0 Å². The summed E-state index contributed by atoms with van der Waals surface area (Å²) in [5.41, 5.74) is 1.15. The molecule has 1 saturated heterocycles. The van der Waals surface area contributed by atoms with E-state index in [-0.39, 0.29) is 5.91 Å². The third-order valence-electron chi connectivity index (χ3n) is 5.28. The van der Waals surface area contributed by atoms with Crippen LogP contribution in [0.4, 0.5) is 5.13 Å². The summed E-state index contributed by atoms with van der Waals surface area (Å²) in [6.45, 7) is 3.78. The first kappa shape index (κ1) is 22.7. The van der Waals surface area contributed by atoms with E-state index in [4.69, 9.17) is 9.47 Å². The van der Waals surface area contributed by atoms with Gasteiger partial charge in [0.05, 0.1) is 20.0 Å². The lowest BCUT2D eigenvalue weighted by Gasteiger charge is -2.35. The maximum Gasteiger partial charge on any atom is 0.233 e. The summed E-state index contributed by atoms with van der Waals surface area (Å²) >= 11 is 2.97. The number of rotatable bonds is 10. The lowest BCUT2D eigenvalue weighted by Crippen LogP contribution is -2.44. The molecule has 1 atom stereocenters. The van der Waals surface area contributed by atoms with Crippen molar-refractivity contribution in [2.24, 2.45) is 0 Å². The molecule has 0 spiro atoms. The molecule has 1 aromatic carbocycles. The van der Waals surface area contributed by atoms with Crippen molar-refractivity contribution in [1.82, 2.24) is 15.1 Å². The van der Waals surface area contributed by atoms with Gasteiger partial charge in [-0.25, -0.2) is 0 Å². The van der Waals surface area contributed by atoms with Crippen molar-refractivity contribution in [3.05, 3.63) is 23.8 Å². The Kier molecular flexibility index (Phi) is 8.62. The average molecular weight is 451 g/mol. The Morgan fingerprint density at radius 2 is 2.10 bits per heavy atom. The molecule has 1 amide bonds. The fourth-order valence-corrected chi connectivity index (χ4v) is 5.31. The molecule has 0 unspecified atom stereocenters. The molecule has 1 aliphatic rings. The Balaban J connectivity index is 1.44. The third-order valence-corrected chi connectivity index (χ3v) is 7.28. The van der Waals surface area contributed by atoms with Crippen LogP contribution in [0.3, 0.4) is 0 Å². The number of nitrogens with one attached hydrogen (secondary N) is 1. The van der Waals surface area contributed by atoms with Crippen LogP contribution in [0.15, 0.2) is 22.5 Å². The number of amides is 1.